The van der Waals surface area contributed by atoms with Crippen LogP contribution >= 0.6 is 0 Å². The van der Waals surface area contributed by atoms with Crippen molar-refractivity contribution >= 4 is 22.4 Å². The molecule has 0 aliphatic heterocycles. The van der Waals surface area contributed by atoms with Gasteiger partial charge in [0, 0.05) is 23.1 Å². The molecule has 1 amide bonds. The van der Waals surface area contributed by atoms with Crippen LogP contribution in [-0.2, 0) is 9.53 Å². The predicted octanol–water partition coefficient (Wildman–Crippen LogP) is 4.38. The molecule has 2 rings (SSSR count). The first kappa shape index (κ1) is 17.3. The number of amides is 1. The Balaban J connectivity index is 2.33. The minimum absolute atomic E-state index is 0.122. The van der Waals surface area contributed by atoms with E-state index in [1.165, 1.54) is 0 Å². The van der Waals surface area contributed by atoms with E-state index in [2.05, 4.69) is 5.32 Å². The van der Waals surface area contributed by atoms with Crippen molar-refractivity contribution in [1.29, 1.82) is 0 Å². The van der Waals surface area contributed by atoms with Crippen molar-refractivity contribution in [1.82, 2.24) is 0 Å². The van der Waals surface area contributed by atoms with E-state index in [0.29, 0.717) is 13.0 Å². The fraction of sp³-hybridized carbons (Fsp3) is 0.421. The Kier molecular flexibility index (Phi) is 5.61. The largest absolute Gasteiger partial charge is 0.496 e. The quantitative estimate of drug-likeness (QED) is 0.824. The van der Waals surface area contributed by atoms with Crippen LogP contribution < -0.4 is 10.1 Å². The van der Waals surface area contributed by atoms with Gasteiger partial charge in [-0.05, 0) is 31.9 Å². The Labute approximate surface area is 137 Å². The zero-order chi connectivity index (χ0) is 16.9. The maximum absolute atomic E-state index is 12.7. The number of benzene rings is 2. The third-order valence-corrected chi connectivity index (χ3v) is 4.13. The molecule has 0 aliphatic carbocycles. The van der Waals surface area contributed by atoms with Gasteiger partial charge in [-0.25, -0.2) is 0 Å². The van der Waals surface area contributed by atoms with Crippen LogP contribution in [0.5, 0.6) is 5.75 Å². The number of nitrogens with one attached hydrogen (secondary N) is 1. The second kappa shape index (κ2) is 7.47. The minimum atomic E-state index is -0.822. The van der Waals surface area contributed by atoms with Gasteiger partial charge in [-0.2, -0.15) is 0 Å². The topological polar surface area (TPSA) is 47.6 Å². The van der Waals surface area contributed by atoms with E-state index in [0.717, 1.165) is 28.6 Å². The first-order valence-corrected chi connectivity index (χ1v) is 8.07. The monoisotopic (exact) mass is 315 g/mol. The molecule has 2 aromatic carbocycles. The number of rotatable bonds is 7. The lowest BCUT2D eigenvalue weighted by atomic mass is 10.0. The van der Waals surface area contributed by atoms with E-state index >= 15 is 0 Å². The summed E-state index contributed by atoms with van der Waals surface area (Å²) < 4.78 is 11.2. The predicted molar refractivity (Wildman–Crippen MR) is 94.1 cm³/mol. The summed E-state index contributed by atoms with van der Waals surface area (Å²) in [5.41, 5.74) is -0.0528. The summed E-state index contributed by atoms with van der Waals surface area (Å²) in [6, 6.07) is 11.6. The molecule has 0 radical (unpaired) electrons. The highest BCUT2D eigenvalue weighted by molar-refractivity contribution is 6.06. The lowest BCUT2D eigenvalue weighted by Gasteiger charge is -2.27. The number of carbonyl (C=O) groups is 1. The normalized spacial score (nSPS) is 13.6. The first-order valence-electron chi connectivity index (χ1n) is 8.07. The smallest absolute Gasteiger partial charge is 0.256 e. The van der Waals surface area contributed by atoms with Gasteiger partial charge in [-0.15, -0.1) is 0 Å². The summed E-state index contributed by atoms with van der Waals surface area (Å²) in [7, 11) is 1.65. The van der Waals surface area contributed by atoms with Crippen LogP contribution in [-0.4, -0.2) is 25.2 Å². The summed E-state index contributed by atoms with van der Waals surface area (Å²) >= 11 is 0. The van der Waals surface area contributed by atoms with Crippen molar-refractivity contribution in [3.05, 3.63) is 36.4 Å². The van der Waals surface area contributed by atoms with Crippen LogP contribution in [0.2, 0.25) is 0 Å². The van der Waals surface area contributed by atoms with Gasteiger partial charge in [0.2, 0.25) is 0 Å². The molecule has 0 unspecified atom stereocenters. The van der Waals surface area contributed by atoms with Gasteiger partial charge >= 0.3 is 0 Å². The van der Waals surface area contributed by atoms with Gasteiger partial charge in [0.1, 0.15) is 11.4 Å². The van der Waals surface area contributed by atoms with Crippen molar-refractivity contribution in [2.75, 3.05) is 19.0 Å². The number of hydrogen-bond acceptors (Lipinski definition) is 3. The average molecular weight is 315 g/mol. The van der Waals surface area contributed by atoms with Crippen molar-refractivity contribution in [3.63, 3.8) is 0 Å². The number of carbonyl (C=O) groups excluding carboxylic acids is 1. The van der Waals surface area contributed by atoms with Gasteiger partial charge in [-0.1, -0.05) is 38.1 Å². The maximum atomic E-state index is 12.7. The third kappa shape index (κ3) is 3.64. The fourth-order valence-electron chi connectivity index (χ4n) is 2.47. The molecule has 0 fully saturated rings. The summed E-state index contributed by atoms with van der Waals surface area (Å²) in [6.07, 6.45) is 1.50. The number of hydrogen-bond donors (Lipinski definition) is 1. The zero-order valence-electron chi connectivity index (χ0n) is 14.3. The maximum Gasteiger partial charge on any atom is 0.256 e. The van der Waals surface area contributed by atoms with E-state index in [1.807, 2.05) is 57.2 Å². The molecule has 1 N–H and O–H groups in total. The Morgan fingerprint density at radius 1 is 1.13 bits per heavy atom. The average Bonchev–Trinajstić information content (AvgIpc) is 2.59. The zero-order valence-corrected chi connectivity index (χ0v) is 14.3. The first-order chi connectivity index (χ1) is 11.1. The van der Waals surface area contributed by atoms with E-state index in [4.69, 9.17) is 9.47 Å². The molecule has 0 bridgehead atoms. The van der Waals surface area contributed by atoms with E-state index in [1.54, 1.807) is 7.11 Å². The van der Waals surface area contributed by atoms with Crippen LogP contribution in [0, 0.1) is 0 Å². The molecule has 2 aromatic rings. The molecular weight excluding hydrogens is 290 g/mol. The van der Waals surface area contributed by atoms with Crippen molar-refractivity contribution in [2.24, 2.45) is 0 Å². The summed E-state index contributed by atoms with van der Waals surface area (Å²) in [4.78, 5) is 12.7. The van der Waals surface area contributed by atoms with Gasteiger partial charge in [0.25, 0.3) is 5.91 Å². The van der Waals surface area contributed by atoms with Crippen LogP contribution in [0.1, 0.15) is 33.6 Å². The molecule has 4 heteroatoms. The standard InChI is InChI=1S/C19H25NO3/c1-5-13-23-19(3,6-2)18(21)20-16-11-12-17(22-4)15-10-8-7-9-14(15)16/h7-12H,5-6,13H2,1-4H3,(H,20,21)/t19-/m1/s1. The minimum Gasteiger partial charge on any atom is -0.496 e. The van der Waals surface area contributed by atoms with Crippen molar-refractivity contribution < 1.29 is 14.3 Å². The van der Waals surface area contributed by atoms with Gasteiger partial charge in [0.15, 0.2) is 0 Å². The molecule has 124 valence electrons. The number of anilines is 1. The molecule has 0 saturated heterocycles. The molecule has 0 saturated carbocycles. The van der Waals surface area contributed by atoms with E-state index < -0.39 is 5.60 Å². The van der Waals surface area contributed by atoms with Gasteiger partial charge in [-0.3, -0.25) is 4.79 Å². The lowest BCUT2D eigenvalue weighted by Crippen LogP contribution is -2.42. The molecule has 4 nitrogen and oxygen atoms in total. The second-order valence-electron chi connectivity index (χ2n) is 5.75. The lowest BCUT2D eigenvalue weighted by molar-refractivity contribution is -0.139. The van der Waals surface area contributed by atoms with E-state index in [9.17, 15) is 4.79 Å². The number of ether oxygens (including phenoxy) is 2. The second-order valence-corrected chi connectivity index (χ2v) is 5.75. The highest BCUT2D eigenvalue weighted by atomic mass is 16.5. The van der Waals surface area contributed by atoms with Gasteiger partial charge in [0.05, 0.1) is 7.11 Å². The van der Waals surface area contributed by atoms with Crippen molar-refractivity contribution in [3.8, 4) is 5.75 Å². The highest BCUT2D eigenvalue weighted by Gasteiger charge is 2.32. The number of methoxy groups -OCH3 is 1. The molecule has 0 aromatic heterocycles. The summed E-state index contributed by atoms with van der Waals surface area (Å²) in [6.45, 7) is 6.40. The molecule has 0 spiro atoms. The van der Waals surface area contributed by atoms with Crippen LogP contribution in [0.3, 0.4) is 0 Å². The van der Waals surface area contributed by atoms with Crippen molar-refractivity contribution in [2.45, 2.75) is 39.2 Å². The van der Waals surface area contributed by atoms with Crippen LogP contribution in [0.25, 0.3) is 10.8 Å². The van der Waals surface area contributed by atoms with Crippen LogP contribution in [0.4, 0.5) is 5.69 Å². The molecule has 23 heavy (non-hydrogen) atoms. The molecule has 0 aliphatic rings. The molecule has 1 atom stereocenters. The van der Waals surface area contributed by atoms with E-state index in [-0.39, 0.29) is 5.91 Å². The van der Waals surface area contributed by atoms with Gasteiger partial charge < -0.3 is 14.8 Å². The fourth-order valence-corrected chi connectivity index (χ4v) is 2.47. The Morgan fingerprint density at radius 3 is 2.43 bits per heavy atom. The Bertz CT molecular complexity index is 683. The van der Waals surface area contributed by atoms with Crippen LogP contribution in [0.15, 0.2) is 36.4 Å². The highest BCUT2D eigenvalue weighted by Crippen LogP contribution is 2.32. The SMILES string of the molecule is CCCO[C@](C)(CC)C(=O)Nc1ccc(OC)c2ccccc12. The molecule has 0 heterocycles. The molecular formula is C19H25NO3. The Morgan fingerprint density at radius 2 is 1.83 bits per heavy atom. The number of fused-ring (bicyclic) bond motifs is 1. The Hall–Kier alpha value is -2.07. The summed E-state index contributed by atoms with van der Waals surface area (Å²) in [5, 5.41) is 4.94. The summed E-state index contributed by atoms with van der Waals surface area (Å²) in [5.74, 6) is 0.669. The third-order valence-electron chi connectivity index (χ3n) is 4.13.